The molecule has 1 aromatic carbocycles. The zero-order valence-electron chi connectivity index (χ0n) is 14.7. The molecule has 0 saturated carbocycles. The number of thiophene rings is 1. The van der Waals surface area contributed by atoms with Crippen LogP contribution in [0.5, 0.6) is 0 Å². The van der Waals surface area contributed by atoms with Crippen LogP contribution in [-0.4, -0.2) is 21.9 Å². The van der Waals surface area contributed by atoms with Gasteiger partial charge in [0.05, 0.1) is 5.56 Å². The van der Waals surface area contributed by atoms with Crippen molar-refractivity contribution < 1.29 is 27.5 Å². The molecule has 150 valence electrons. The third-order valence-electron chi connectivity index (χ3n) is 4.53. The highest BCUT2D eigenvalue weighted by Gasteiger charge is 2.40. The summed E-state index contributed by atoms with van der Waals surface area (Å²) < 4.78 is 53.7. The predicted octanol–water partition coefficient (Wildman–Crippen LogP) is 5.11. The molecule has 1 aliphatic heterocycles. The maximum atomic E-state index is 14.8. The van der Waals surface area contributed by atoms with Gasteiger partial charge in [-0.25, -0.2) is 4.39 Å². The second-order valence-corrected chi connectivity index (χ2v) is 7.06. The van der Waals surface area contributed by atoms with Crippen molar-refractivity contribution in [2.75, 3.05) is 6.73 Å². The summed E-state index contributed by atoms with van der Waals surface area (Å²) in [5.41, 5.74) is 0.689. The molecule has 1 unspecified atom stereocenters. The van der Waals surface area contributed by atoms with Crippen LogP contribution in [0, 0.1) is 5.82 Å². The molecule has 1 atom stereocenters. The highest BCUT2D eigenvalue weighted by molar-refractivity contribution is 7.08. The molecule has 3 aromatic rings. The minimum atomic E-state index is -4.66. The molecular weight excluding hydrogens is 408 g/mol. The summed E-state index contributed by atoms with van der Waals surface area (Å²) in [5, 5.41) is 14.6. The van der Waals surface area contributed by atoms with Gasteiger partial charge in [-0.2, -0.15) is 24.5 Å². The average molecular weight is 422 g/mol. The zero-order chi connectivity index (χ0) is 20.6. The van der Waals surface area contributed by atoms with Crippen LogP contribution in [0.2, 0.25) is 0 Å². The quantitative estimate of drug-likeness (QED) is 0.594. The number of aromatic nitrogens is 1. The van der Waals surface area contributed by atoms with Crippen molar-refractivity contribution in [1.82, 2.24) is 10.0 Å². The van der Waals surface area contributed by atoms with Gasteiger partial charge in [0.15, 0.2) is 5.76 Å². The molecular formula is C20H14F4N2O2S. The van der Waals surface area contributed by atoms with E-state index in [9.17, 15) is 22.7 Å². The lowest BCUT2D eigenvalue weighted by Crippen LogP contribution is -2.26. The highest BCUT2D eigenvalue weighted by atomic mass is 32.1. The summed E-state index contributed by atoms with van der Waals surface area (Å²) in [4.78, 5) is 9.88. The van der Waals surface area contributed by atoms with Gasteiger partial charge in [-0.1, -0.05) is 12.1 Å². The van der Waals surface area contributed by atoms with Crippen molar-refractivity contribution in [3.05, 3.63) is 87.6 Å². The van der Waals surface area contributed by atoms with E-state index >= 15 is 0 Å². The predicted molar refractivity (Wildman–Crippen MR) is 99.5 cm³/mol. The van der Waals surface area contributed by atoms with Crippen LogP contribution in [0.3, 0.4) is 0 Å². The number of nitrogens with zero attached hydrogens (tertiary/aromatic N) is 2. The van der Waals surface area contributed by atoms with Crippen molar-refractivity contribution >= 4 is 22.7 Å². The van der Waals surface area contributed by atoms with Crippen molar-refractivity contribution in [3.8, 4) is 0 Å². The van der Waals surface area contributed by atoms with Crippen molar-refractivity contribution in [1.29, 1.82) is 0 Å². The Hall–Kier alpha value is -2.75. The molecule has 4 rings (SSSR count). The van der Waals surface area contributed by atoms with E-state index in [1.807, 2.05) is 10.8 Å². The number of pyridine rings is 1. The van der Waals surface area contributed by atoms with Crippen molar-refractivity contribution in [2.45, 2.75) is 12.2 Å². The number of alkyl halides is 3. The topological polar surface area (TPSA) is 45.6 Å². The van der Waals surface area contributed by atoms with Gasteiger partial charge in [0.25, 0.3) is 0 Å². The highest BCUT2D eigenvalue weighted by Crippen LogP contribution is 2.48. The molecule has 29 heavy (non-hydrogen) atoms. The van der Waals surface area contributed by atoms with E-state index in [1.54, 1.807) is 30.6 Å². The van der Waals surface area contributed by atoms with E-state index in [2.05, 4.69) is 4.98 Å². The lowest BCUT2D eigenvalue weighted by Gasteiger charge is -2.23. The normalized spacial score (nSPS) is 17.6. The molecule has 3 heterocycles. The lowest BCUT2D eigenvalue weighted by molar-refractivity contribution is -0.143. The number of benzene rings is 1. The zero-order valence-corrected chi connectivity index (χ0v) is 15.5. The number of aliphatic hydroxyl groups excluding tert-OH is 1. The Bertz CT molecular complexity index is 1040. The van der Waals surface area contributed by atoms with E-state index in [0.717, 1.165) is 17.2 Å². The van der Waals surface area contributed by atoms with Crippen LogP contribution in [0.4, 0.5) is 17.6 Å². The van der Waals surface area contributed by atoms with Gasteiger partial charge in [-0.3, -0.25) is 4.98 Å². The number of hydrogen-bond donors (Lipinski definition) is 1. The molecule has 0 spiro atoms. The molecule has 0 fully saturated rings. The van der Waals surface area contributed by atoms with Crippen LogP contribution >= 0.6 is 11.3 Å². The first-order valence-corrected chi connectivity index (χ1v) is 9.43. The Morgan fingerprint density at radius 2 is 2.00 bits per heavy atom. The average Bonchev–Trinajstić information content (AvgIpc) is 3.35. The molecule has 0 radical (unpaired) electrons. The van der Waals surface area contributed by atoms with Gasteiger partial charge in [0.2, 0.25) is 0 Å². The van der Waals surface area contributed by atoms with Crippen molar-refractivity contribution in [2.24, 2.45) is 0 Å². The molecule has 0 aliphatic carbocycles. The Kier molecular flexibility index (Phi) is 5.12. The van der Waals surface area contributed by atoms with Gasteiger partial charge in [-0.05, 0) is 29.6 Å². The standard InChI is InChI=1S/C20H14F4N2O2S/c21-16-8-14(20(22,23)24)3-4-15(16)18-17(12-2-1-6-25-9-12)19(28-26(18)11-27)13-5-7-29-10-13/h1-10,18,27H,11H2. The van der Waals surface area contributed by atoms with E-state index in [-0.39, 0.29) is 5.56 Å². The summed E-state index contributed by atoms with van der Waals surface area (Å²) in [6, 6.07) is 6.62. The molecule has 0 bridgehead atoms. The Labute approximate surface area is 167 Å². The van der Waals surface area contributed by atoms with Crippen LogP contribution in [0.1, 0.15) is 28.3 Å². The lowest BCUT2D eigenvalue weighted by atomic mass is 9.91. The Morgan fingerprint density at radius 1 is 1.17 bits per heavy atom. The summed E-state index contributed by atoms with van der Waals surface area (Å²) in [6.45, 7) is -0.595. The Balaban J connectivity index is 1.90. The molecule has 1 aliphatic rings. The largest absolute Gasteiger partial charge is 0.416 e. The number of hydrogen-bond acceptors (Lipinski definition) is 5. The molecule has 1 N–H and O–H groups in total. The molecule has 0 amide bonds. The second-order valence-electron chi connectivity index (χ2n) is 6.28. The fourth-order valence-corrected chi connectivity index (χ4v) is 3.88. The van der Waals surface area contributed by atoms with Gasteiger partial charge >= 0.3 is 6.18 Å². The number of aliphatic hydroxyl groups is 1. The third-order valence-corrected chi connectivity index (χ3v) is 5.22. The van der Waals surface area contributed by atoms with E-state index in [4.69, 9.17) is 4.84 Å². The van der Waals surface area contributed by atoms with E-state index in [0.29, 0.717) is 28.5 Å². The number of halogens is 4. The van der Waals surface area contributed by atoms with Gasteiger partial charge < -0.3 is 9.94 Å². The van der Waals surface area contributed by atoms with E-state index in [1.165, 1.54) is 11.3 Å². The van der Waals surface area contributed by atoms with Gasteiger partial charge in [0, 0.05) is 40.0 Å². The third kappa shape index (κ3) is 3.64. The minimum absolute atomic E-state index is 0.0452. The fraction of sp³-hybridized carbons (Fsp3) is 0.150. The summed E-state index contributed by atoms with van der Waals surface area (Å²) in [7, 11) is 0. The van der Waals surface area contributed by atoms with Crippen molar-refractivity contribution in [3.63, 3.8) is 0 Å². The van der Waals surface area contributed by atoms with Crippen LogP contribution in [0.25, 0.3) is 11.3 Å². The fourth-order valence-electron chi connectivity index (χ4n) is 3.25. The van der Waals surface area contributed by atoms with E-state index < -0.39 is 30.3 Å². The monoisotopic (exact) mass is 422 g/mol. The maximum absolute atomic E-state index is 14.8. The van der Waals surface area contributed by atoms with Crippen LogP contribution in [-0.2, 0) is 11.0 Å². The smallest absolute Gasteiger partial charge is 0.402 e. The summed E-state index contributed by atoms with van der Waals surface area (Å²) >= 11 is 1.43. The van der Waals surface area contributed by atoms with Crippen LogP contribution < -0.4 is 0 Å². The molecule has 9 heteroatoms. The number of hydroxylamine groups is 2. The first-order chi connectivity index (χ1) is 13.9. The van der Waals surface area contributed by atoms with Gasteiger partial charge in [0.1, 0.15) is 18.6 Å². The van der Waals surface area contributed by atoms with Gasteiger partial charge in [-0.15, -0.1) is 5.06 Å². The second kappa shape index (κ2) is 7.58. The van der Waals surface area contributed by atoms with Crippen LogP contribution in [0.15, 0.2) is 59.6 Å². The summed E-state index contributed by atoms with van der Waals surface area (Å²) in [6.07, 6.45) is -1.53. The molecule has 2 aromatic heterocycles. The number of rotatable bonds is 4. The molecule has 0 saturated heterocycles. The summed E-state index contributed by atoms with van der Waals surface area (Å²) in [5.74, 6) is -0.655. The Morgan fingerprint density at radius 3 is 2.59 bits per heavy atom. The first-order valence-electron chi connectivity index (χ1n) is 8.49. The SMILES string of the molecule is OCN1OC(c2ccsc2)=C(c2cccnc2)C1c1ccc(C(F)(F)F)cc1F. The maximum Gasteiger partial charge on any atom is 0.416 e. The minimum Gasteiger partial charge on any atom is -0.402 e. The first kappa shape index (κ1) is 19.6. The molecule has 4 nitrogen and oxygen atoms in total.